The fourth-order valence-electron chi connectivity index (χ4n) is 2.50. The van der Waals surface area contributed by atoms with Gasteiger partial charge in [0.15, 0.2) is 0 Å². The van der Waals surface area contributed by atoms with Gasteiger partial charge >= 0.3 is 5.97 Å². The zero-order valence-electron chi connectivity index (χ0n) is 12.2. The molecule has 2 N–H and O–H groups in total. The molecule has 0 spiro atoms. The molecule has 6 heteroatoms. The smallest absolute Gasteiger partial charge is 0.349 e. The minimum atomic E-state index is -1.45. The third kappa shape index (κ3) is 2.82. The minimum Gasteiger partial charge on any atom is -0.477 e. The van der Waals surface area contributed by atoms with Gasteiger partial charge < -0.3 is 10.1 Å². The number of benzene rings is 2. The van der Waals surface area contributed by atoms with Crippen molar-refractivity contribution in [2.24, 2.45) is 0 Å². The summed E-state index contributed by atoms with van der Waals surface area (Å²) in [5.74, 6) is -2.09. The monoisotopic (exact) mass is 359 g/mol. The number of nitrogens with one attached hydrogen (secondary N) is 1. The van der Waals surface area contributed by atoms with E-state index in [4.69, 9.17) is 28.3 Å². The van der Waals surface area contributed by atoms with Gasteiger partial charge in [-0.05, 0) is 11.6 Å². The average Bonchev–Trinajstić information content (AvgIpc) is 3.00. The number of carbonyl (C=O) groups excluding carboxylic acids is 1. The molecular formula is C18H11Cl2NO3. The Bertz CT molecular complexity index is 974. The van der Waals surface area contributed by atoms with E-state index in [1.807, 2.05) is 42.5 Å². The SMILES string of the molecule is O=C(O)/C(Cl)=C(\Cl)C(=O)c1c(-c2ccccc2)[nH]c2ccccc12. The Morgan fingerprint density at radius 2 is 1.50 bits per heavy atom. The van der Waals surface area contributed by atoms with Crippen LogP contribution in [0.15, 0.2) is 64.7 Å². The number of aromatic nitrogens is 1. The molecule has 0 saturated heterocycles. The number of carboxylic acid groups (broad SMARTS) is 1. The lowest BCUT2D eigenvalue weighted by Gasteiger charge is -2.05. The summed E-state index contributed by atoms with van der Waals surface area (Å²) in [4.78, 5) is 27.0. The van der Waals surface area contributed by atoms with Gasteiger partial charge in [-0.2, -0.15) is 0 Å². The largest absolute Gasteiger partial charge is 0.477 e. The van der Waals surface area contributed by atoms with Crippen molar-refractivity contribution in [2.45, 2.75) is 0 Å². The maximum Gasteiger partial charge on any atom is 0.349 e. The maximum absolute atomic E-state index is 12.8. The predicted molar refractivity (Wildman–Crippen MR) is 94.4 cm³/mol. The summed E-state index contributed by atoms with van der Waals surface area (Å²) in [5, 5.41) is 8.39. The summed E-state index contributed by atoms with van der Waals surface area (Å²) in [7, 11) is 0. The first-order valence-corrected chi connectivity index (χ1v) is 7.75. The summed E-state index contributed by atoms with van der Waals surface area (Å²) in [5.41, 5.74) is 2.39. The molecule has 120 valence electrons. The van der Waals surface area contributed by atoms with E-state index in [-0.39, 0.29) is 0 Å². The van der Waals surface area contributed by atoms with E-state index in [0.29, 0.717) is 16.6 Å². The number of ketones is 1. The number of hydrogen-bond acceptors (Lipinski definition) is 2. The molecule has 0 saturated carbocycles. The lowest BCUT2D eigenvalue weighted by molar-refractivity contribution is -0.131. The number of Topliss-reactive ketones (excluding diaryl/α,β-unsaturated/α-hetero) is 1. The second-order valence-electron chi connectivity index (χ2n) is 5.05. The highest BCUT2D eigenvalue weighted by Crippen LogP contribution is 2.33. The number of H-pyrrole nitrogens is 1. The summed E-state index contributed by atoms with van der Waals surface area (Å²) in [6, 6.07) is 16.5. The number of aromatic amines is 1. The summed E-state index contributed by atoms with van der Waals surface area (Å²) >= 11 is 11.6. The Hall–Kier alpha value is -2.56. The zero-order valence-corrected chi connectivity index (χ0v) is 13.7. The standard InChI is InChI=1S/C18H11Cl2NO3/c19-14(15(20)18(23)24)17(22)13-11-8-4-5-9-12(11)21-16(13)10-6-2-1-3-7-10/h1-9,21H,(H,23,24)/b15-14+. The van der Waals surface area contributed by atoms with Crippen LogP contribution in [0.5, 0.6) is 0 Å². The molecule has 0 bridgehead atoms. The van der Waals surface area contributed by atoms with Crippen molar-refractivity contribution in [3.05, 3.63) is 70.2 Å². The summed E-state index contributed by atoms with van der Waals surface area (Å²) in [6.45, 7) is 0. The molecule has 2 aromatic carbocycles. The van der Waals surface area contributed by atoms with Crippen LogP contribution in [0.2, 0.25) is 0 Å². The Balaban J connectivity index is 2.29. The number of hydrogen-bond donors (Lipinski definition) is 2. The third-order valence-corrected chi connectivity index (χ3v) is 4.38. The van der Waals surface area contributed by atoms with Crippen molar-refractivity contribution in [1.29, 1.82) is 0 Å². The Morgan fingerprint density at radius 1 is 0.875 bits per heavy atom. The highest BCUT2D eigenvalue weighted by molar-refractivity contribution is 6.55. The van der Waals surface area contributed by atoms with Crippen molar-refractivity contribution in [1.82, 2.24) is 4.98 Å². The van der Waals surface area contributed by atoms with E-state index in [9.17, 15) is 9.59 Å². The van der Waals surface area contributed by atoms with Gasteiger partial charge in [0.1, 0.15) is 10.1 Å². The van der Waals surface area contributed by atoms with Crippen LogP contribution in [0.4, 0.5) is 0 Å². The van der Waals surface area contributed by atoms with Crippen LogP contribution >= 0.6 is 23.2 Å². The van der Waals surface area contributed by atoms with Crippen molar-refractivity contribution in [3.63, 3.8) is 0 Å². The number of rotatable bonds is 4. The number of carboxylic acids is 1. The lowest BCUT2D eigenvalue weighted by Crippen LogP contribution is -2.06. The topological polar surface area (TPSA) is 70.2 Å². The van der Waals surface area contributed by atoms with Crippen LogP contribution in [-0.4, -0.2) is 21.8 Å². The molecule has 0 unspecified atom stereocenters. The van der Waals surface area contributed by atoms with E-state index in [1.165, 1.54) is 0 Å². The number of allylic oxidation sites excluding steroid dienone is 1. The van der Waals surface area contributed by atoms with E-state index >= 15 is 0 Å². The van der Waals surface area contributed by atoms with Crippen LogP contribution in [-0.2, 0) is 4.79 Å². The molecule has 0 aliphatic rings. The molecule has 0 radical (unpaired) electrons. The number of fused-ring (bicyclic) bond motifs is 1. The Kier molecular flexibility index (Phi) is 4.42. The average molecular weight is 360 g/mol. The van der Waals surface area contributed by atoms with Crippen LogP contribution < -0.4 is 0 Å². The molecule has 0 fully saturated rings. The number of halogens is 2. The summed E-state index contributed by atoms with van der Waals surface area (Å²) in [6.07, 6.45) is 0. The van der Waals surface area contributed by atoms with Gasteiger partial charge in [0.25, 0.3) is 0 Å². The van der Waals surface area contributed by atoms with E-state index in [2.05, 4.69) is 4.98 Å². The molecule has 0 aliphatic carbocycles. The van der Waals surface area contributed by atoms with Gasteiger partial charge in [0.05, 0.1) is 11.3 Å². The summed E-state index contributed by atoms with van der Waals surface area (Å²) < 4.78 is 0. The fourth-order valence-corrected chi connectivity index (χ4v) is 2.76. The Labute approximate surface area is 147 Å². The molecule has 1 heterocycles. The van der Waals surface area contributed by atoms with Gasteiger partial charge in [-0.1, -0.05) is 71.7 Å². The van der Waals surface area contributed by atoms with Gasteiger partial charge in [-0.25, -0.2) is 4.79 Å². The van der Waals surface area contributed by atoms with Gasteiger partial charge in [0.2, 0.25) is 5.78 Å². The van der Waals surface area contributed by atoms with Crippen molar-refractivity contribution >= 4 is 45.9 Å². The molecular weight excluding hydrogens is 349 g/mol. The normalized spacial score (nSPS) is 12.1. The first-order valence-electron chi connectivity index (χ1n) is 7.00. The second-order valence-corrected chi connectivity index (χ2v) is 5.80. The highest BCUT2D eigenvalue weighted by Gasteiger charge is 2.25. The number of para-hydroxylation sites is 1. The van der Waals surface area contributed by atoms with Crippen LogP contribution in [0.1, 0.15) is 10.4 Å². The van der Waals surface area contributed by atoms with Crippen LogP contribution in [0.3, 0.4) is 0 Å². The predicted octanol–water partition coefficient (Wildman–Crippen LogP) is 4.79. The third-order valence-electron chi connectivity index (χ3n) is 3.58. The zero-order chi connectivity index (χ0) is 17.3. The molecule has 3 aromatic rings. The van der Waals surface area contributed by atoms with Crippen molar-refractivity contribution in [3.8, 4) is 11.3 Å². The number of aliphatic carboxylic acids is 1. The van der Waals surface area contributed by atoms with Crippen LogP contribution in [0.25, 0.3) is 22.2 Å². The van der Waals surface area contributed by atoms with E-state index in [1.54, 1.807) is 12.1 Å². The molecule has 0 atom stereocenters. The van der Waals surface area contributed by atoms with E-state index < -0.39 is 21.8 Å². The first-order chi connectivity index (χ1) is 11.5. The quantitative estimate of drug-likeness (QED) is 0.519. The second kappa shape index (κ2) is 6.51. The van der Waals surface area contributed by atoms with Crippen molar-refractivity contribution in [2.75, 3.05) is 0 Å². The van der Waals surface area contributed by atoms with Gasteiger partial charge in [-0.3, -0.25) is 4.79 Å². The number of carbonyl (C=O) groups is 2. The molecule has 24 heavy (non-hydrogen) atoms. The van der Waals surface area contributed by atoms with Gasteiger partial charge in [-0.15, -0.1) is 0 Å². The Morgan fingerprint density at radius 3 is 2.17 bits per heavy atom. The molecule has 3 rings (SSSR count). The lowest BCUT2D eigenvalue weighted by atomic mass is 10.0. The first kappa shape index (κ1) is 16.3. The minimum absolute atomic E-state index is 0.293. The molecule has 1 aromatic heterocycles. The van der Waals surface area contributed by atoms with E-state index in [0.717, 1.165) is 11.1 Å². The fraction of sp³-hybridized carbons (Fsp3) is 0. The van der Waals surface area contributed by atoms with Crippen molar-refractivity contribution < 1.29 is 14.7 Å². The highest BCUT2D eigenvalue weighted by atomic mass is 35.5. The van der Waals surface area contributed by atoms with Crippen LogP contribution in [0, 0.1) is 0 Å². The molecule has 0 amide bonds. The maximum atomic E-state index is 12.8. The molecule has 4 nitrogen and oxygen atoms in total. The van der Waals surface area contributed by atoms with Gasteiger partial charge in [0, 0.05) is 10.9 Å². The molecule has 0 aliphatic heterocycles.